The molecule has 10 heavy (non-hydrogen) atoms. The van der Waals surface area contributed by atoms with Crippen LogP contribution in [0.1, 0.15) is 32.6 Å². The summed E-state index contributed by atoms with van der Waals surface area (Å²) in [6, 6.07) is 0. The van der Waals surface area contributed by atoms with Crippen molar-refractivity contribution in [2.24, 2.45) is 5.92 Å². The zero-order chi connectivity index (χ0) is 7.56. The number of hydrogen-bond donors (Lipinski definition) is 1. The molecule has 0 bridgehead atoms. The van der Waals surface area contributed by atoms with Gasteiger partial charge < -0.3 is 5.11 Å². The largest absolute Gasteiger partial charge is 0.393 e. The van der Waals surface area contributed by atoms with Crippen molar-refractivity contribution in [3.63, 3.8) is 0 Å². The summed E-state index contributed by atoms with van der Waals surface area (Å²) in [7, 11) is 0. The maximum Gasteiger partial charge on any atom is 0.133 e. The van der Waals surface area contributed by atoms with Crippen LogP contribution >= 0.6 is 0 Å². The van der Waals surface area contributed by atoms with Gasteiger partial charge in [-0.1, -0.05) is 6.42 Å². The third-order valence-corrected chi connectivity index (χ3v) is 2.22. The van der Waals surface area contributed by atoms with Gasteiger partial charge in [-0.15, -0.1) is 0 Å². The van der Waals surface area contributed by atoms with E-state index in [0.717, 1.165) is 19.3 Å². The molecule has 1 N–H and O–H groups in total. The van der Waals surface area contributed by atoms with Gasteiger partial charge in [-0.05, 0) is 26.2 Å². The predicted molar refractivity (Wildman–Crippen MR) is 38.6 cm³/mol. The van der Waals surface area contributed by atoms with E-state index >= 15 is 0 Å². The van der Waals surface area contributed by atoms with Crippen LogP contribution in [0.4, 0.5) is 0 Å². The van der Waals surface area contributed by atoms with Gasteiger partial charge in [0.05, 0.1) is 6.10 Å². The summed E-state index contributed by atoms with van der Waals surface area (Å²) >= 11 is 0. The van der Waals surface area contributed by atoms with Gasteiger partial charge in [0.25, 0.3) is 0 Å². The number of ketones is 1. The van der Waals surface area contributed by atoms with Crippen molar-refractivity contribution in [1.82, 2.24) is 0 Å². The molecule has 1 unspecified atom stereocenters. The van der Waals surface area contributed by atoms with Crippen molar-refractivity contribution >= 4 is 5.78 Å². The zero-order valence-corrected chi connectivity index (χ0v) is 6.34. The summed E-state index contributed by atoms with van der Waals surface area (Å²) in [5.74, 6) is 0.377. The first-order valence-corrected chi connectivity index (χ1v) is 3.88. The maximum atomic E-state index is 10.8. The van der Waals surface area contributed by atoms with Crippen LogP contribution in [0.15, 0.2) is 0 Å². The molecule has 0 aromatic carbocycles. The smallest absolute Gasteiger partial charge is 0.133 e. The van der Waals surface area contributed by atoms with Crippen LogP contribution in [-0.4, -0.2) is 17.0 Å². The molecule has 1 fully saturated rings. The lowest BCUT2D eigenvalue weighted by molar-refractivity contribution is -0.122. The minimum Gasteiger partial charge on any atom is -0.393 e. The molecule has 2 atom stereocenters. The van der Waals surface area contributed by atoms with E-state index in [9.17, 15) is 9.90 Å². The highest BCUT2D eigenvalue weighted by Crippen LogP contribution is 2.24. The van der Waals surface area contributed by atoms with Crippen molar-refractivity contribution in [3.05, 3.63) is 0 Å². The SMILES string of the molecule is CC(=O)[C@@H]1CCCC(O)C1. The average Bonchev–Trinajstić information content (AvgIpc) is 1.88. The number of carbonyl (C=O) groups is 1. The van der Waals surface area contributed by atoms with E-state index in [2.05, 4.69) is 0 Å². The summed E-state index contributed by atoms with van der Waals surface area (Å²) in [5.41, 5.74) is 0. The average molecular weight is 142 g/mol. The number of Topliss-reactive ketones (excluding diaryl/α,β-unsaturated/α-hetero) is 1. The van der Waals surface area contributed by atoms with E-state index in [0.29, 0.717) is 6.42 Å². The van der Waals surface area contributed by atoms with Gasteiger partial charge in [0.15, 0.2) is 0 Å². The lowest BCUT2D eigenvalue weighted by Crippen LogP contribution is -2.23. The van der Waals surface area contributed by atoms with Gasteiger partial charge in [-0.2, -0.15) is 0 Å². The Balaban J connectivity index is 2.39. The van der Waals surface area contributed by atoms with Crippen LogP contribution < -0.4 is 0 Å². The Morgan fingerprint density at radius 3 is 2.60 bits per heavy atom. The second-order valence-corrected chi connectivity index (χ2v) is 3.13. The Morgan fingerprint density at radius 2 is 2.20 bits per heavy atom. The molecular weight excluding hydrogens is 128 g/mol. The van der Waals surface area contributed by atoms with E-state index in [1.54, 1.807) is 6.92 Å². The van der Waals surface area contributed by atoms with Crippen LogP contribution in [0.2, 0.25) is 0 Å². The third-order valence-electron chi connectivity index (χ3n) is 2.22. The molecule has 2 nitrogen and oxygen atoms in total. The summed E-state index contributed by atoms with van der Waals surface area (Å²) in [5, 5.41) is 9.18. The topological polar surface area (TPSA) is 37.3 Å². The van der Waals surface area contributed by atoms with Crippen molar-refractivity contribution < 1.29 is 9.90 Å². The van der Waals surface area contributed by atoms with Gasteiger partial charge in [-0.25, -0.2) is 0 Å². The number of aliphatic hydroxyl groups is 1. The Labute approximate surface area is 61.2 Å². The Kier molecular flexibility index (Phi) is 2.44. The standard InChI is InChI=1S/C8H14O2/c1-6(9)7-3-2-4-8(10)5-7/h7-8,10H,2-5H2,1H3/t7-,8?/m1/s1. The molecule has 0 spiro atoms. The van der Waals surface area contributed by atoms with Crippen molar-refractivity contribution in [2.75, 3.05) is 0 Å². The minimum atomic E-state index is -0.220. The third kappa shape index (κ3) is 1.81. The molecule has 58 valence electrons. The molecule has 0 radical (unpaired) electrons. The number of rotatable bonds is 1. The second-order valence-electron chi connectivity index (χ2n) is 3.13. The van der Waals surface area contributed by atoms with Crippen LogP contribution in [0, 0.1) is 5.92 Å². The molecule has 2 heteroatoms. The number of aliphatic hydroxyl groups excluding tert-OH is 1. The molecule has 1 saturated carbocycles. The fraction of sp³-hybridized carbons (Fsp3) is 0.875. The zero-order valence-electron chi connectivity index (χ0n) is 6.34. The molecule has 0 heterocycles. The van der Waals surface area contributed by atoms with E-state index in [-0.39, 0.29) is 17.8 Å². The lowest BCUT2D eigenvalue weighted by Gasteiger charge is -2.23. The molecule has 0 aromatic heterocycles. The summed E-state index contributed by atoms with van der Waals surface area (Å²) < 4.78 is 0. The fourth-order valence-corrected chi connectivity index (χ4v) is 1.53. The first kappa shape index (κ1) is 7.73. The molecular formula is C8H14O2. The van der Waals surface area contributed by atoms with Gasteiger partial charge in [-0.3, -0.25) is 4.79 Å². The summed E-state index contributed by atoms with van der Waals surface area (Å²) in [6.07, 6.45) is 3.33. The molecule has 1 rings (SSSR count). The number of carbonyl (C=O) groups excluding carboxylic acids is 1. The molecule has 0 saturated heterocycles. The minimum absolute atomic E-state index is 0.142. The van der Waals surface area contributed by atoms with Crippen molar-refractivity contribution in [1.29, 1.82) is 0 Å². The highest BCUT2D eigenvalue weighted by atomic mass is 16.3. The quantitative estimate of drug-likeness (QED) is 0.595. The van der Waals surface area contributed by atoms with E-state index in [4.69, 9.17) is 0 Å². The Hall–Kier alpha value is -0.370. The Bertz CT molecular complexity index is 131. The molecule has 0 aliphatic heterocycles. The maximum absolute atomic E-state index is 10.8. The Morgan fingerprint density at radius 1 is 1.50 bits per heavy atom. The van der Waals surface area contributed by atoms with E-state index in [1.807, 2.05) is 0 Å². The van der Waals surface area contributed by atoms with Crippen LogP contribution in [0.3, 0.4) is 0 Å². The summed E-state index contributed by atoms with van der Waals surface area (Å²) in [4.78, 5) is 10.8. The van der Waals surface area contributed by atoms with Crippen LogP contribution in [-0.2, 0) is 4.79 Å². The monoisotopic (exact) mass is 142 g/mol. The van der Waals surface area contributed by atoms with Crippen molar-refractivity contribution in [3.8, 4) is 0 Å². The van der Waals surface area contributed by atoms with E-state index < -0.39 is 0 Å². The molecule has 1 aliphatic carbocycles. The second kappa shape index (κ2) is 3.15. The highest BCUT2D eigenvalue weighted by molar-refractivity contribution is 5.78. The highest BCUT2D eigenvalue weighted by Gasteiger charge is 2.22. The van der Waals surface area contributed by atoms with Gasteiger partial charge >= 0.3 is 0 Å². The van der Waals surface area contributed by atoms with Crippen LogP contribution in [0.25, 0.3) is 0 Å². The predicted octanol–water partition coefficient (Wildman–Crippen LogP) is 1.13. The fourth-order valence-electron chi connectivity index (χ4n) is 1.53. The van der Waals surface area contributed by atoms with Crippen molar-refractivity contribution in [2.45, 2.75) is 38.7 Å². The van der Waals surface area contributed by atoms with Gasteiger partial charge in [0.1, 0.15) is 5.78 Å². The summed E-state index contributed by atoms with van der Waals surface area (Å²) in [6.45, 7) is 1.61. The van der Waals surface area contributed by atoms with Gasteiger partial charge in [0.2, 0.25) is 0 Å². The number of hydrogen-bond acceptors (Lipinski definition) is 2. The first-order valence-electron chi connectivity index (χ1n) is 3.88. The normalized spacial score (nSPS) is 33.8. The van der Waals surface area contributed by atoms with E-state index in [1.165, 1.54) is 0 Å². The molecule has 0 amide bonds. The lowest BCUT2D eigenvalue weighted by atomic mass is 9.85. The van der Waals surface area contributed by atoms with Crippen LogP contribution in [0.5, 0.6) is 0 Å². The van der Waals surface area contributed by atoms with Gasteiger partial charge in [0, 0.05) is 5.92 Å². The molecule has 0 aromatic rings. The molecule has 1 aliphatic rings. The first-order chi connectivity index (χ1) is 4.70.